The molecule has 2 atom stereocenters. The Kier molecular flexibility index (Phi) is 10.5. The SMILES string of the molecule is CC(C)(C)OC(=O)N[C@@H]1C(=O)N2C(C(=O)OC(c3ccccc3)c3ccccc3)=C(C[PH](c3ccccc3)(c3ccccc3)c3ccccc3)CS[C@H]12. The van der Waals surface area contributed by atoms with Gasteiger partial charge in [0.2, 0.25) is 0 Å². The number of amides is 2. The molecule has 2 aliphatic heterocycles. The van der Waals surface area contributed by atoms with Gasteiger partial charge in [-0.25, -0.2) is 0 Å². The molecule has 0 unspecified atom stereocenters. The molecule has 0 spiro atoms. The fraction of sp³-hybridized carbons (Fsp3) is 0.205. The Morgan fingerprint density at radius 2 is 1.17 bits per heavy atom. The van der Waals surface area contributed by atoms with Gasteiger partial charge in [-0.2, -0.15) is 0 Å². The van der Waals surface area contributed by atoms with Gasteiger partial charge in [-0.3, -0.25) is 0 Å². The number of carbonyl (C=O) groups is 3. The molecule has 0 saturated carbocycles. The molecule has 1 saturated heterocycles. The maximum atomic E-state index is 14.9. The number of alkyl carbamates (subject to hydrolysis) is 1. The molecule has 5 aromatic rings. The van der Waals surface area contributed by atoms with Crippen molar-refractivity contribution in [2.75, 3.05) is 11.9 Å². The summed E-state index contributed by atoms with van der Waals surface area (Å²) in [5.41, 5.74) is 1.98. The van der Waals surface area contributed by atoms with Gasteiger partial charge < -0.3 is 0 Å². The van der Waals surface area contributed by atoms with Crippen molar-refractivity contribution in [2.45, 2.75) is 43.9 Å². The molecule has 0 radical (unpaired) electrons. The maximum absolute atomic E-state index is 14.9. The molecule has 7 nitrogen and oxygen atoms in total. The number of ether oxygens (including phenoxy) is 2. The van der Waals surface area contributed by atoms with Gasteiger partial charge >= 0.3 is 317 Å². The van der Waals surface area contributed by atoms with E-state index in [-0.39, 0.29) is 11.6 Å². The van der Waals surface area contributed by atoms with Gasteiger partial charge in [0.05, 0.1) is 0 Å². The Balaban J connectivity index is 1.36. The standard InChI is InChI=1S/C44H43N2O5PS/c1-44(2,3)51-43(49)45-37-40(47)46-38(42(48)50-39(31-19-9-4-10-20-31)32-21-11-5-12-22-32)33(30-53-41(37)46)29-52(34-23-13-6-14-24-34,35-25-15-7-16-26-35)36-27-17-8-18-28-36/h4-28,37,39,41,52H,29-30H2,1-3H3,(H,45,49)/t37-,41-/m1/s1. The van der Waals surface area contributed by atoms with Crippen molar-refractivity contribution in [3.8, 4) is 0 Å². The first-order chi connectivity index (χ1) is 25.7. The molecule has 270 valence electrons. The van der Waals surface area contributed by atoms with E-state index in [9.17, 15) is 14.4 Å². The van der Waals surface area contributed by atoms with Gasteiger partial charge in [0.1, 0.15) is 0 Å². The fourth-order valence-electron chi connectivity index (χ4n) is 7.28. The first-order valence-electron chi connectivity index (χ1n) is 17.8. The molecular formula is C44H43N2O5PS. The van der Waals surface area contributed by atoms with Gasteiger partial charge in [-0.05, 0) is 0 Å². The number of nitrogens with zero attached hydrogens (tertiary/aromatic N) is 1. The summed E-state index contributed by atoms with van der Waals surface area (Å²) >= 11 is 1.54. The van der Waals surface area contributed by atoms with Gasteiger partial charge in [0, 0.05) is 0 Å². The van der Waals surface area contributed by atoms with Crippen molar-refractivity contribution in [3.05, 3.63) is 174 Å². The van der Waals surface area contributed by atoms with Crippen molar-refractivity contribution >= 4 is 52.9 Å². The Bertz CT molecular complexity index is 1960. The van der Waals surface area contributed by atoms with Crippen LogP contribution in [0.25, 0.3) is 0 Å². The van der Waals surface area contributed by atoms with Crippen molar-refractivity contribution in [1.82, 2.24) is 10.2 Å². The first-order valence-corrected chi connectivity index (χ1v) is 21.0. The topological polar surface area (TPSA) is 84.9 Å². The minimum absolute atomic E-state index is 0.248. The van der Waals surface area contributed by atoms with E-state index in [1.807, 2.05) is 78.9 Å². The molecule has 0 aromatic heterocycles. The predicted molar refractivity (Wildman–Crippen MR) is 216 cm³/mol. The van der Waals surface area contributed by atoms with E-state index < -0.39 is 42.4 Å². The minimum atomic E-state index is -2.89. The number of esters is 1. The Morgan fingerprint density at radius 1 is 0.736 bits per heavy atom. The number of benzene rings is 5. The molecule has 9 heteroatoms. The summed E-state index contributed by atoms with van der Waals surface area (Å²) in [5.74, 6) is -0.488. The van der Waals surface area contributed by atoms with Crippen molar-refractivity contribution < 1.29 is 23.9 Å². The van der Waals surface area contributed by atoms with E-state index in [1.54, 1.807) is 37.4 Å². The van der Waals surface area contributed by atoms with Crippen LogP contribution in [-0.2, 0) is 19.1 Å². The summed E-state index contributed by atoms with van der Waals surface area (Å²) in [6, 6.07) is 50.0. The molecule has 53 heavy (non-hydrogen) atoms. The van der Waals surface area contributed by atoms with Crippen LogP contribution in [0.2, 0.25) is 0 Å². The van der Waals surface area contributed by atoms with Crippen LogP contribution in [-0.4, -0.2) is 51.8 Å². The molecule has 2 aliphatic rings. The van der Waals surface area contributed by atoms with Crippen molar-refractivity contribution in [1.29, 1.82) is 0 Å². The van der Waals surface area contributed by atoms with Crippen LogP contribution in [0, 0.1) is 0 Å². The third-order valence-electron chi connectivity index (χ3n) is 9.62. The zero-order valence-electron chi connectivity index (χ0n) is 30.0. The van der Waals surface area contributed by atoms with Crippen LogP contribution >= 0.6 is 19.0 Å². The number of carbonyl (C=O) groups excluding carboxylic acids is 3. The quantitative estimate of drug-likeness (QED) is 0.0934. The number of rotatable bonds is 10. The average Bonchev–Trinajstić information content (AvgIpc) is 3.18. The summed E-state index contributed by atoms with van der Waals surface area (Å²) in [7, 11) is -2.89. The summed E-state index contributed by atoms with van der Waals surface area (Å²) in [4.78, 5) is 43.5. The van der Waals surface area contributed by atoms with E-state index in [1.165, 1.54) is 15.9 Å². The molecule has 0 bridgehead atoms. The summed E-state index contributed by atoms with van der Waals surface area (Å²) in [6.45, 7) is 5.33. The number of fused-ring (bicyclic) bond motifs is 1. The predicted octanol–water partition coefficient (Wildman–Crippen LogP) is 7.11. The zero-order chi connectivity index (χ0) is 37.0. The molecular weight excluding hydrogens is 700 g/mol. The van der Waals surface area contributed by atoms with Gasteiger partial charge in [-0.1, -0.05) is 0 Å². The molecule has 1 N–H and O–H groups in total. The Morgan fingerprint density at radius 3 is 1.60 bits per heavy atom. The Hall–Kier alpha value is -5.17. The number of hydrogen-bond acceptors (Lipinski definition) is 6. The van der Waals surface area contributed by atoms with Gasteiger partial charge in [-0.15, -0.1) is 0 Å². The van der Waals surface area contributed by atoms with Crippen LogP contribution in [0.4, 0.5) is 4.79 Å². The molecule has 1 fully saturated rings. The third-order valence-corrected chi connectivity index (χ3v) is 15.9. The fourth-order valence-corrected chi connectivity index (χ4v) is 13.6. The number of hydrogen-bond donors (Lipinski definition) is 1. The van der Waals surface area contributed by atoms with Crippen molar-refractivity contribution in [3.63, 3.8) is 0 Å². The molecule has 2 amide bonds. The van der Waals surface area contributed by atoms with Crippen LogP contribution < -0.4 is 21.2 Å². The van der Waals surface area contributed by atoms with Crippen LogP contribution in [0.15, 0.2) is 163 Å². The second kappa shape index (κ2) is 15.4. The second-order valence-electron chi connectivity index (χ2n) is 14.3. The van der Waals surface area contributed by atoms with E-state index in [4.69, 9.17) is 9.47 Å². The van der Waals surface area contributed by atoms with Crippen LogP contribution in [0.3, 0.4) is 0 Å². The van der Waals surface area contributed by atoms with E-state index >= 15 is 0 Å². The number of thioether (sulfide) groups is 1. The number of nitrogens with one attached hydrogen (secondary N) is 1. The summed E-state index contributed by atoms with van der Waals surface area (Å²) in [5, 5.41) is 5.84. The van der Waals surface area contributed by atoms with Crippen molar-refractivity contribution in [2.24, 2.45) is 0 Å². The molecule has 0 aliphatic carbocycles. The van der Waals surface area contributed by atoms with E-state index in [2.05, 4.69) is 78.1 Å². The van der Waals surface area contributed by atoms with Crippen LogP contribution in [0.5, 0.6) is 0 Å². The summed E-state index contributed by atoms with van der Waals surface area (Å²) in [6.07, 6.45) is -0.852. The average molecular weight is 743 g/mol. The second-order valence-corrected chi connectivity index (χ2v) is 19.3. The molecule has 7 rings (SSSR count). The number of β-lactam (4-membered cyclic amide) rings is 1. The molecule has 5 aromatic carbocycles. The first kappa shape index (κ1) is 36.2. The van der Waals surface area contributed by atoms with Crippen LogP contribution in [0.1, 0.15) is 38.0 Å². The normalized spacial score (nSPS) is 17.4. The van der Waals surface area contributed by atoms with Gasteiger partial charge in [0.15, 0.2) is 0 Å². The van der Waals surface area contributed by atoms with E-state index in [0.29, 0.717) is 11.9 Å². The monoisotopic (exact) mass is 742 g/mol. The Labute approximate surface area is 315 Å². The molecule has 2 heterocycles. The third kappa shape index (κ3) is 7.53. The van der Waals surface area contributed by atoms with Gasteiger partial charge in [0.25, 0.3) is 0 Å². The summed E-state index contributed by atoms with van der Waals surface area (Å²) < 4.78 is 12.0. The van der Waals surface area contributed by atoms with E-state index in [0.717, 1.165) is 16.7 Å². The zero-order valence-corrected chi connectivity index (χ0v) is 31.8.